The topological polar surface area (TPSA) is 54.9 Å². The maximum Gasteiger partial charge on any atom is 0.255 e. The molecule has 0 spiro atoms. The number of benzene rings is 1. The van der Waals surface area contributed by atoms with E-state index in [2.05, 4.69) is 15.3 Å². The smallest absolute Gasteiger partial charge is 0.255 e. The number of carbonyl (C=O) groups excluding carboxylic acids is 1. The molecule has 0 saturated heterocycles. The Balaban J connectivity index is 1.80. The zero-order valence-electron chi connectivity index (χ0n) is 11.5. The summed E-state index contributed by atoms with van der Waals surface area (Å²) in [5.74, 6) is -0.188. The van der Waals surface area contributed by atoms with Crippen molar-refractivity contribution in [2.45, 2.75) is 0 Å². The summed E-state index contributed by atoms with van der Waals surface area (Å²) in [5.41, 5.74) is 2.77. The van der Waals surface area contributed by atoms with Gasteiger partial charge >= 0.3 is 0 Å². The third-order valence-electron chi connectivity index (χ3n) is 3.10. The Kier molecular flexibility index (Phi) is 4.12. The molecule has 1 N–H and O–H groups in total. The van der Waals surface area contributed by atoms with E-state index in [9.17, 15) is 4.79 Å². The van der Waals surface area contributed by atoms with E-state index in [0.29, 0.717) is 22.0 Å². The number of carbonyl (C=O) groups is 1. The molecule has 0 aliphatic rings. The van der Waals surface area contributed by atoms with E-state index < -0.39 is 0 Å². The standard InChI is InChI=1S/C17H12ClN3O/c18-15-4-2-10-20-16(15)12-5-7-13(8-6-12)17(22)21-14-3-1-9-19-11-14/h1-11H,(H,21,22). The first-order valence-corrected chi connectivity index (χ1v) is 7.04. The minimum absolute atomic E-state index is 0.188. The fourth-order valence-electron chi connectivity index (χ4n) is 2.02. The van der Waals surface area contributed by atoms with Gasteiger partial charge in [0.25, 0.3) is 5.91 Å². The highest BCUT2D eigenvalue weighted by molar-refractivity contribution is 6.33. The van der Waals surface area contributed by atoms with Crippen LogP contribution in [0.5, 0.6) is 0 Å². The van der Waals surface area contributed by atoms with Crippen LogP contribution in [0.1, 0.15) is 10.4 Å². The second-order valence-corrected chi connectivity index (χ2v) is 5.01. The lowest BCUT2D eigenvalue weighted by Crippen LogP contribution is -2.11. The quantitative estimate of drug-likeness (QED) is 0.794. The normalized spacial score (nSPS) is 10.2. The van der Waals surface area contributed by atoms with Crippen molar-refractivity contribution in [1.29, 1.82) is 0 Å². The number of hydrogen-bond acceptors (Lipinski definition) is 3. The van der Waals surface area contributed by atoms with E-state index in [1.165, 1.54) is 0 Å². The van der Waals surface area contributed by atoms with Gasteiger partial charge in [-0.15, -0.1) is 0 Å². The van der Waals surface area contributed by atoms with E-state index in [4.69, 9.17) is 11.6 Å². The molecule has 2 heterocycles. The second-order valence-electron chi connectivity index (χ2n) is 4.61. The van der Waals surface area contributed by atoms with Gasteiger partial charge in [-0.1, -0.05) is 23.7 Å². The molecule has 0 fully saturated rings. The van der Waals surface area contributed by atoms with Crippen molar-refractivity contribution >= 4 is 23.2 Å². The van der Waals surface area contributed by atoms with Gasteiger partial charge in [-0.3, -0.25) is 14.8 Å². The molecule has 108 valence electrons. The van der Waals surface area contributed by atoms with E-state index in [1.807, 2.05) is 12.1 Å². The molecule has 0 atom stereocenters. The monoisotopic (exact) mass is 309 g/mol. The van der Waals surface area contributed by atoms with Crippen molar-refractivity contribution < 1.29 is 4.79 Å². The number of nitrogens with one attached hydrogen (secondary N) is 1. The summed E-state index contributed by atoms with van der Waals surface area (Å²) in [6.45, 7) is 0. The van der Waals surface area contributed by atoms with E-state index >= 15 is 0 Å². The number of pyridine rings is 2. The van der Waals surface area contributed by atoms with Crippen LogP contribution in [0, 0.1) is 0 Å². The molecule has 4 nitrogen and oxygen atoms in total. The molecule has 22 heavy (non-hydrogen) atoms. The van der Waals surface area contributed by atoms with Crippen LogP contribution in [0.4, 0.5) is 5.69 Å². The van der Waals surface area contributed by atoms with Gasteiger partial charge in [-0.05, 0) is 36.4 Å². The zero-order valence-corrected chi connectivity index (χ0v) is 12.3. The number of amides is 1. The highest BCUT2D eigenvalue weighted by Crippen LogP contribution is 2.25. The van der Waals surface area contributed by atoms with E-state index in [-0.39, 0.29) is 5.91 Å². The second kappa shape index (κ2) is 6.37. The number of nitrogens with zero attached hydrogens (tertiary/aromatic N) is 2. The summed E-state index contributed by atoms with van der Waals surface area (Å²) < 4.78 is 0. The summed E-state index contributed by atoms with van der Waals surface area (Å²) >= 11 is 6.12. The van der Waals surface area contributed by atoms with Crippen LogP contribution in [0.2, 0.25) is 5.02 Å². The zero-order chi connectivity index (χ0) is 15.4. The third kappa shape index (κ3) is 3.13. The summed E-state index contributed by atoms with van der Waals surface area (Å²) in [5, 5.41) is 3.36. The molecule has 0 unspecified atom stereocenters. The third-order valence-corrected chi connectivity index (χ3v) is 3.40. The molecule has 3 aromatic rings. The largest absolute Gasteiger partial charge is 0.321 e. The highest BCUT2D eigenvalue weighted by Gasteiger charge is 2.08. The first kappa shape index (κ1) is 14.2. The number of halogens is 1. The van der Waals surface area contributed by atoms with Gasteiger partial charge in [0.05, 0.1) is 22.6 Å². The maximum atomic E-state index is 12.1. The summed E-state index contributed by atoms with van der Waals surface area (Å²) in [7, 11) is 0. The van der Waals surface area contributed by atoms with E-state index in [0.717, 1.165) is 5.56 Å². The molecular formula is C17H12ClN3O. The van der Waals surface area contributed by atoms with E-state index in [1.54, 1.807) is 55.0 Å². The van der Waals surface area contributed by atoms with Gasteiger partial charge in [-0.2, -0.15) is 0 Å². The van der Waals surface area contributed by atoms with Crippen molar-refractivity contribution in [3.8, 4) is 11.3 Å². The summed E-state index contributed by atoms with van der Waals surface area (Å²) in [4.78, 5) is 20.4. The molecule has 0 bridgehead atoms. The molecule has 0 saturated carbocycles. The number of hydrogen-bond donors (Lipinski definition) is 1. The Labute approximate surface area is 132 Å². The molecule has 3 rings (SSSR count). The van der Waals surface area contributed by atoms with Gasteiger partial charge in [0, 0.05) is 23.5 Å². The lowest BCUT2D eigenvalue weighted by atomic mass is 10.1. The van der Waals surface area contributed by atoms with Crippen LogP contribution in [-0.4, -0.2) is 15.9 Å². The number of anilines is 1. The van der Waals surface area contributed by atoms with Crippen LogP contribution in [0.15, 0.2) is 67.1 Å². The minimum Gasteiger partial charge on any atom is -0.321 e. The van der Waals surface area contributed by atoms with Gasteiger partial charge in [-0.25, -0.2) is 0 Å². The predicted molar refractivity (Wildman–Crippen MR) is 86.9 cm³/mol. The average molecular weight is 310 g/mol. The Morgan fingerprint density at radius 2 is 1.77 bits per heavy atom. The average Bonchev–Trinajstić information content (AvgIpc) is 2.56. The molecule has 0 aliphatic carbocycles. The van der Waals surface area contributed by atoms with Crippen molar-refractivity contribution in [1.82, 2.24) is 9.97 Å². The Bertz CT molecular complexity index is 789. The summed E-state index contributed by atoms with van der Waals surface area (Å²) in [6, 6.07) is 14.2. The van der Waals surface area contributed by atoms with Gasteiger partial charge in [0.1, 0.15) is 0 Å². The molecule has 2 aromatic heterocycles. The first-order valence-electron chi connectivity index (χ1n) is 6.66. The Hall–Kier alpha value is -2.72. The molecule has 5 heteroatoms. The molecule has 1 aromatic carbocycles. The lowest BCUT2D eigenvalue weighted by molar-refractivity contribution is 0.102. The highest BCUT2D eigenvalue weighted by atomic mass is 35.5. The Morgan fingerprint density at radius 3 is 2.45 bits per heavy atom. The molecule has 1 amide bonds. The number of aromatic nitrogens is 2. The summed E-state index contributed by atoms with van der Waals surface area (Å²) in [6.07, 6.45) is 4.94. The molecule has 0 aliphatic heterocycles. The first-order chi connectivity index (χ1) is 10.7. The number of rotatable bonds is 3. The van der Waals surface area contributed by atoms with Gasteiger partial charge in [0.2, 0.25) is 0 Å². The van der Waals surface area contributed by atoms with Crippen molar-refractivity contribution in [2.24, 2.45) is 0 Å². The lowest BCUT2D eigenvalue weighted by Gasteiger charge is -2.06. The fraction of sp³-hybridized carbons (Fsp3) is 0. The van der Waals surface area contributed by atoms with Gasteiger partial charge < -0.3 is 5.32 Å². The van der Waals surface area contributed by atoms with Gasteiger partial charge in [0.15, 0.2) is 0 Å². The van der Waals surface area contributed by atoms with Crippen molar-refractivity contribution in [3.63, 3.8) is 0 Å². The van der Waals surface area contributed by atoms with Crippen molar-refractivity contribution in [2.75, 3.05) is 5.32 Å². The van der Waals surface area contributed by atoms with Crippen LogP contribution < -0.4 is 5.32 Å². The Morgan fingerprint density at radius 1 is 1.00 bits per heavy atom. The SMILES string of the molecule is O=C(Nc1cccnc1)c1ccc(-c2ncccc2Cl)cc1. The van der Waals surface area contributed by atoms with Crippen molar-refractivity contribution in [3.05, 3.63) is 77.7 Å². The van der Waals surface area contributed by atoms with Crippen LogP contribution in [-0.2, 0) is 0 Å². The predicted octanol–water partition coefficient (Wildman–Crippen LogP) is 4.05. The maximum absolute atomic E-state index is 12.1. The molecular weight excluding hydrogens is 298 g/mol. The van der Waals surface area contributed by atoms with Crippen LogP contribution in [0.25, 0.3) is 11.3 Å². The fourth-order valence-corrected chi connectivity index (χ4v) is 2.25. The molecule has 0 radical (unpaired) electrons. The van der Waals surface area contributed by atoms with Crippen LogP contribution in [0.3, 0.4) is 0 Å². The minimum atomic E-state index is -0.188. The van der Waals surface area contributed by atoms with Crippen LogP contribution >= 0.6 is 11.6 Å².